The van der Waals surface area contributed by atoms with Crippen LogP contribution in [-0.4, -0.2) is 28.9 Å². The van der Waals surface area contributed by atoms with Gasteiger partial charge in [0.1, 0.15) is 10.7 Å². The van der Waals surface area contributed by atoms with E-state index in [9.17, 15) is 4.79 Å². The molecule has 0 aliphatic carbocycles. The summed E-state index contributed by atoms with van der Waals surface area (Å²) in [6.07, 6.45) is 3.40. The van der Waals surface area contributed by atoms with Gasteiger partial charge in [-0.3, -0.25) is 4.79 Å². The molecule has 0 spiro atoms. The van der Waals surface area contributed by atoms with Crippen LogP contribution in [0.3, 0.4) is 0 Å². The van der Waals surface area contributed by atoms with Gasteiger partial charge in [-0.2, -0.15) is 0 Å². The summed E-state index contributed by atoms with van der Waals surface area (Å²) in [7, 11) is 0. The first-order chi connectivity index (χ1) is 9.76. The second kappa shape index (κ2) is 6.82. The van der Waals surface area contributed by atoms with Gasteiger partial charge in [0.15, 0.2) is 0 Å². The van der Waals surface area contributed by atoms with Crippen molar-refractivity contribution in [3.05, 3.63) is 66.7 Å². The Morgan fingerprint density at radius 2 is 1.85 bits per heavy atom. The molecular weight excluding hydrogens is 268 g/mol. The van der Waals surface area contributed by atoms with Gasteiger partial charge in [-0.25, -0.2) is 4.98 Å². The van der Waals surface area contributed by atoms with Gasteiger partial charge in [-0.1, -0.05) is 42.5 Å². The van der Waals surface area contributed by atoms with E-state index in [1.807, 2.05) is 30.3 Å². The average molecular weight is 284 g/mol. The van der Waals surface area contributed by atoms with Gasteiger partial charge >= 0.3 is 0 Å². The Morgan fingerprint density at radius 1 is 1.20 bits per heavy atom. The highest BCUT2D eigenvalue weighted by Crippen LogP contribution is 2.23. The number of rotatable bonds is 6. The molecule has 1 aromatic heterocycles. The van der Waals surface area contributed by atoms with Gasteiger partial charge in [-0.15, -0.1) is 24.5 Å². The minimum Gasteiger partial charge on any atom is -0.330 e. The van der Waals surface area contributed by atoms with Crippen LogP contribution >= 0.6 is 11.3 Å². The van der Waals surface area contributed by atoms with E-state index >= 15 is 0 Å². The SMILES string of the molecule is C=CCN(CC=C)C(=O)c1csc(-c2ccccc2)n1. The molecule has 0 fully saturated rings. The van der Waals surface area contributed by atoms with E-state index in [4.69, 9.17) is 0 Å². The van der Waals surface area contributed by atoms with Gasteiger partial charge < -0.3 is 4.90 Å². The predicted molar refractivity (Wildman–Crippen MR) is 83.8 cm³/mol. The highest BCUT2D eigenvalue weighted by Gasteiger charge is 2.17. The van der Waals surface area contributed by atoms with E-state index in [2.05, 4.69) is 18.1 Å². The molecule has 0 saturated heterocycles. The lowest BCUT2D eigenvalue weighted by Crippen LogP contribution is -2.31. The van der Waals surface area contributed by atoms with E-state index in [0.29, 0.717) is 18.8 Å². The fourth-order valence-corrected chi connectivity index (χ4v) is 2.60. The Bertz CT molecular complexity index is 594. The molecule has 0 unspecified atom stereocenters. The van der Waals surface area contributed by atoms with Crippen LogP contribution in [0.4, 0.5) is 0 Å². The zero-order valence-corrected chi connectivity index (χ0v) is 12.0. The summed E-state index contributed by atoms with van der Waals surface area (Å²) >= 11 is 1.47. The molecule has 0 aliphatic heterocycles. The second-order valence-electron chi connectivity index (χ2n) is 4.19. The minimum absolute atomic E-state index is 0.0942. The number of nitrogens with zero attached hydrogens (tertiary/aromatic N) is 2. The summed E-state index contributed by atoms with van der Waals surface area (Å²) in [5.74, 6) is -0.0942. The fraction of sp³-hybridized carbons (Fsp3) is 0.125. The first kappa shape index (κ1) is 14.2. The van der Waals surface area contributed by atoms with Crippen molar-refractivity contribution in [1.29, 1.82) is 0 Å². The minimum atomic E-state index is -0.0942. The van der Waals surface area contributed by atoms with Crippen molar-refractivity contribution >= 4 is 17.2 Å². The molecule has 0 N–H and O–H groups in total. The standard InChI is InChI=1S/C16H16N2OS/c1-3-10-18(11-4-2)16(19)14-12-20-15(17-14)13-8-6-5-7-9-13/h3-9,12H,1-2,10-11H2. The van der Waals surface area contributed by atoms with Crippen LogP contribution in [0.1, 0.15) is 10.5 Å². The molecule has 4 heteroatoms. The number of benzene rings is 1. The van der Waals surface area contributed by atoms with E-state index in [0.717, 1.165) is 10.6 Å². The van der Waals surface area contributed by atoms with Gasteiger partial charge in [0.25, 0.3) is 5.91 Å². The summed E-state index contributed by atoms with van der Waals surface area (Å²) in [6.45, 7) is 8.31. The van der Waals surface area contributed by atoms with E-state index in [-0.39, 0.29) is 5.91 Å². The lowest BCUT2D eigenvalue weighted by Gasteiger charge is -2.17. The molecule has 102 valence electrons. The Kier molecular flexibility index (Phi) is 4.85. The molecule has 0 atom stereocenters. The van der Waals surface area contributed by atoms with Crippen molar-refractivity contribution in [3.8, 4) is 10.6 Å². The first-order valence-electron chi connectivity index (χ1n) is 6.28. The summed E-state index contributed by atoms with van der Waals surface area (Å²) < 4.78 is 0. The average Bonchev–Trinajstić information content (AvgIpc) is 2.97. The van der Waals surface area contributed by atoms with Crippen molar-refractivity contribution in [3.63, 3.8) is 0 Å². The molecule has 1 amide bonds. The largest absolute Gasteiger partial charge is 0.330 e. The van der Waals surface area contributed by atoms with Crippen LogP contribution in [-0.2, 0) is 0 Å². The smallest absolute Gasteiger partial charge is 0.273 e. The van der Waals surface area contributed by atoms with Crippen molar-refractivity contribution in [1.82, 2.24) is 9.88 Å². The second-order valence-corrected chi connectivity index (χ2v) is 5.05. The van der Waals surface area contributed by atoms with Crippen LogP contribution in [0.2, 0.25) is 0 Å². The number of hydrogen-bond donors (Lipinski definition) is 0. The van der Waals surface area contributed by atoms with Gasteiger partial charge in [0, 0.05) is 24.0 Å². The van der Waals surface area contributed by atoms with Crippen molar-refractivity contribution in [2.45, 2.75) is 0 Å². The summed E-state index contributed by atoms with van der Waals surface area (Å²) in [5, 5.41) is 2.65. The third-order valence-corrected chi connectivity index (χ3v) is 3.62. The lowest BCUT2D eigenvalue weighted by atomic mass is 10.2. The Morgan fingerprint density at radius 3 is 2.45 bits per heavy atom. The zero-order chi connectivity index (χ0) is 14.4. The number of amides is 1. The molecule has 0 aliphatic rings. The maximum absolute atomic E-state index is 12.3. The molecule has 2 aromatic rings. The number of aromatic nitrogens is 1. The number of hydrogen-bond acceptors (Lipinski definition) is 3. The van der Waals surface area contributed by atoms with Crippen LogP contribution in [0.25, 0.3) is 10.6 Å². The van der Waals surface area contributed by atoms with Crippen molar-refractivity contribution in [2.75, 3.05) is 13.1 Å². The zero-order valence-electron chi connectivity index (χ0n) is 11.2. The van der Waals surface area contributed by atoms with E-state index < -0.39 is 0 Å². The number of thiazole rings is 1. The van der Waals surface area contributed by atoms with E-state index in [1.54, 1.807) is 22.4 Å². The molecule has 3 nitrogen and oxygen atoms in total. The van der Waals surface area contributed by atoms with Gasteiger partial charge in [0.2, 0.25) is 0 Å². The molecule has 1 heterocycles. The highest BCUT2D eigenvalue weighted by molar-refractivity contribution is 7.13. The topological polar surface area (TPSA) is 33.2 Å². The summed E-state index contributed by atoms with van der Waals surface area (Å²) in [4.78, 5) is 18.4. The normalized spacial score (nSPS) is 10.0. The molecule has 20 heavy (non-hydrogen) atoms. The first-order valence-corrected chi connectivity index (χ1v) is 7.16. The van der Waals surface area contributed by atoms with Crippen LogP contribution < -0.4 is 0 Å². The number of carbonyl (C=O) groups excluding carboxylic acids is 1. The highest BCUT2D eigenvalue weighted by atomic mass is 32.1. The quantitative estimate of drug-likeness (QED) is 0.759. The van der Waals surface area contributed by atoms with Gasteiger partial charge in [0.05, 0.1) is 0 Å². The molecule has 1 aromatic carbocycles. The molecule has 0 radical (unpaired) electrons. The molecular formula is C16H16N2OS. The fourth-order valence-electron chi connectivity index (χ4n) is 1.80. The monoisotopic (exact) mass is 284 g/mol. The predicted octanol–water partition coefficient (Wildman–Crippen LogP) is 3.62. The molecule has 2 rings (SSSR count). The van der Waals surface area contributed by atoms with E-state index in [1.165, 1.54) is 11.3 Å². The van der Waals surface area contributed by atoms with Crippen molar-refractivity contribution in [2.24, 2.45) is 0 Å². The van der Waals surface area contributed by atoms with Crippen LogP contribution in [0.5, 0.6) is 0 Å². The van der Waals surface area contributed by atoms with Crippen LogP contribution in [0, 0.1) is 0 Å². The number of carbonyl (C=O) groups is 1. The van der Waals surface area contributed by atoms with Crippen molar-refractivity contribution < 1.29 is 4.79 Å². The lowest BCUT2D eigenvalue weighted by molar-refractivity contribution is 0.0786. The Hall–Kier alpha value is -2.20. The molecule has 0 bridgehead atoms. The van der Waals surface area contributed by atoms with Crippen LogP contribution in [0.15, 0.2) is 61.0 Å². The maximum Gasteiger partial charge on any atom is 0.273 e. The maximum atomic E-state index is 12.3. The molecule has 0 saturated carbocycles. The third kappa shape index (κ3) is 3.22. The summed E-state index contributed by atoms with van der Waals surface area (Å²) in [5.41, 5.74) is 1.49. The Labute approximate surface area is 122 Å². The summed E-state index contributed by atoms with van der Waals surface area (Å²) in [6, 6.07) is 9.84. The Balaban J connectivity index is 2.21. The van der Waals surface area contributed by atoms with Gasteiger partial charge in [-0.05, 0) is 0 Å². The third-order valence-electron chi connectivity index (χ3n) is 2.73.